The van der Waals surface area contributed by atoms with Crippen LogP contribution in [0, 0.1) is 0 Å². The maximum absolute atomic E-state index is 14.5. The zero-order valence-corrected chi connectivity index (χ0v) is 43.9. The van der Waals surface area contributed by atoms with Gasteiger partial charge in [0.25, 0.3) is 6.29 Å². The molecular formula is C61H49O20P. The van der Waals surface area contributed by atoms with Crippen LogP contribution in [0.4, 0.5) is 0 Å². The normalized spacial score (nSPS) is 22.2. The van der Waals surface area contributed by atoms with Crippen molar-refractivity contribution in [2.75, 3.05) is 13.2 Å². The van der Waals surface area contributed by atoms with E-state index < -0.39 is 125 Å². The Labute approximate surface area is 469 Å². The molecule has 2 aliphatic heterocycles. The van der Waals surface area contributed by atoms with Crippen LogP contribution in [0.25, 0.3) is 0 Å². The lowest BCUT2D eigenvalue weighted by atomic mass is 9.95. The van der Waals surface area contributed by atoms with Gasteiger partial charge in [-0.15, -0.1) is 4.52 Å². The topological polar surface area (TPSA) is 261 Å². The fourth-order valence-corrected chi connectivity index (χ4v) is 9.08. The summed E-state index contributed by atoms with van der Waals surface area (Å²) in [5, 5.41) is 0. The molecule has 418 valence electrons. The molecule has 0 aromatic heterocycles. The molecule has 0 spiro atoms. The Morgan fingerprint density at radius 1 is 0.329 bits per heavy atom. The van der Waals surface area contributed by atoms with E-state index in [0.29, 0.717) is 0 Å². The summed E-state index contributed by atoms with van der Waals surface area (Å²) in [6.07, 6.45) is -20.0. The first-order valence-electron chi connectivity index (χ1n) is 25.4. The van der Waals surface area contributed by atoms with Gasteiger partial charge >= 0.3 is 50.0 Å². The van der Waals surface area contributed by atoms with Crippen molar-refractivity contribution in [3.63, 3.8) is 0 Å². The van der Waals surface area contributed by atoms with Gasteiger partial charge in [-0.2, -0.15) is 0 Å². The number of hydrogen-bond donors (Lipinski definition) is 0. The van der Waals surface area contributed by atoms with E-state index in [1.807, 2.05) is 0 Å². The van der Waals surface area contributed by atoms with E-state index in [9.17, 15) is 43.0 Å². The molecule has 20 nitrogen and oxygen atoms in total. The molecule has 0 saturated carbocycles. The van der Waals surface area contributed by atoms with Gasteiger partial charge < -0.3 is 52.3 Å². The van der Waals surface area contributed by atoms with E-state index in [4.69, 9.17) is 51.9 Å². The summed E-state index contributed by atoms with van der Waals surface area (Å²) in [6, 6.07) is 53.0. The third kappa shape index (κ3) is 14.7. The molecule has 0 bridgehead atoms. The number of carbonyl (C=O) groups is 7. The Bertz CT molecular complexity index is 3310. The molecule has 9 rings (SSSR count). The van der Waals surface area contributed by atoms with Crippen molar-refractivity contribution in [3.8, 4) is 0 Å². The molecule has 21 heteroatoms. The number of esters is 7. The Balaban J connectivity index is 1.21. The van der Waals surface area contributed by atoms with Crippen molar-refractivity contribution < 1.29 is 94.9 Å². The van der Waals surface area contributed by atoms with Crippen molar-refractivity contribution in [2.45, 2.75) is 61.4 Å². The van der Waals surface area contributed by atoms with Crippen LogP contribution in [-0.2, 0) is 56.5 Å². The van der Waals surface area contributed by atoms with Gasteiger partial charge in [-0.3, -0.25) is 0 Å². The Kier molecular flexibility index (Phi) is 19.4. The number of hydrogen-bond acceptors (Lipinski definition) is 20. The number of rotatable bonds is 20. The number of benzene rings is 7. The van der Waals surface area contributed by atoms with Gasteiger partial charge in [-0.25, -0.2) is 33.6 Å². The lowest BCUT2D eigenvalue weighted by Gasteiger charge is -2.48. The molecule has 82 heavy (non-hydrogen) atoms. The van der Waals surface area contributed by atoms with E-state index >= 15 is 0 Å². The molecule has 2 aliphatic rings. The zero-order valence-electron chi connectivity index (χ0n) is 43.0. The Morgan fingerprint density at radius 2 is 0.573 bits per heavy atom. The minimum Gasteiger partial charge on any atom is -0.566 e. The average molecular weight is 1130 g/mol. The van der Waals surface area contributed by atoms with Crippen LogP contribution < -0.4 is 4.89 Å². The fraction of sp³-hybridized carbons (Fsp3) is 0.197. The monoisotopic (exact) mass is 1130 g/mol. The van der Waals surface area contributed by atoms with Crippen molar-refractivity contribution >= 4 is 50.0 Å². The van der Waals surface area contributed by atoms with E-state index in [1.165, 1.54) is 121 Å². The summed E-state index contributed by atoms with van der Waals surface area (Å²) in [6.45, 7) is -1.66. The van der Waals surface area contributed by atoms with Crippen LogP contribution in [-0.4, -0.2) is 116 Å². The Hall–Kier alpha value is -9.27. The molecule has 2 fully saturated rings. The van der Waals surface area contributed by atoms with Crippen LogP contribution in [0.5, 0.6) is 0 Å². The molecule has 2 saturated heterocycles. The molecule has 0 radical (unpaired) electrons. The minimum absolute atomic E-state index is 0.00915. The van der Waals surface area contributed by atoms with E-state index in [1.54, 1.807) is 91.0 Å². The van der Waals surface area contributed by atoms with Gasteiger partial charge in [-0.1, -0.05) is 127 Å². The van der Waals surface area contributed by atoms with E-state index in [2.05, 4.69) is 0 Å². The van der Waals surface area contributed by atoms with Crippen molar-refractivity contribution in [2.24, 2.45) is 0 Å². The van der Waals surface area contributed by atoms with Gasteiger partial charge in [0.1, 0.15) is 31.5 Å². The lowest BCUT2D eigenvalue weighted by molar-refractivity contribution is -0.351. The second-order valence-corrected chi connectivity index (χ2v) is 18.8. The third-order valence-electron chi connectivity index (χ3n) is 12.7. The highest BCUT2D eigenvalue weighted by atomic mass is 31.1. The van der Waals surface area contributed by atoms with Crippen molar-refractivity contribution in [1.29, 1.82) is 0 Å². The maximum atomic E-state index is 14.5. The van der Waals surface area contributed by atoms with Crippen molar-refractivity contribution in [1.82, 2.24) is 0 Å². The van der Waals surface area contributed by atoms with Gasteiger partial charge in [0.2, 0.25) is 0 Å². The number of carbonyl (C=O) groups excluding carboxylic acids is 7. The predicted octanol–water partition coefficient (Wildman–Crippen LogP) is 7.70. The lowest BCUT2D eigenvalue weighted by Crippen LogP contribution is -2.67. The summed E-state index contributed by atoms with van der Waals surface area (Å²) in [5.41, 5.74) is -0.0494. The molecule has 7 aromatic carbocycles. The third-order valence-corrected chi connectivity index (χ3v) is 13.1. The quantitative estimate of drug-likeness (QED) is 0.0402. The molecule has 11 atom stereocenters. The molecule has 0 aliphatic carbocycles. The van der Waals surface area contributed by atoms with Crippen LogP contribution >= 0.6 is 8.25 Å². The van der Waals surface area contributed by atoms with Crippen LogP contribution in [0.3, 0.4) is 0 Å². The molecule has 0 amide bonds. The molecular weight excluding hydrogens is 1080 g/mol. The highest BCUT2D eigenvalue weighted by molar-refractivity contribution is 7.30. The van der Waals surface area contributed by atoms with Gasteiger partial charge in [0, 0.05) is 0 Å². The maximum Gasteiger partial charge on any atom is 0.491 e. The molecule has 7 aromatic rings. The molecule has 1 unspecified atom stereocenters. The molecule has 0 N–H and O–H groups in total. The largest absolute Gasteiger partial charge is 0.566 e. The summed E-state index contributed by atoms with van der Waals surface area (Å²) in [7, 11) is -3.87. The highest BCUT2D eigenvalue weighted by Gasteiger charge is 2.59. The van der Waals surface area contributed by atoms with Crippen LogP contribution in [0.1, 0.15) is 72.5 Å². The first-order valence-corrected chi connectivity index (χ1v) is 26.5. The predicted molar refractivity (Wildman–Crippen MR) is 283 cm³/mol. The first kappa shape index (κ1) is 57.4. The summed E-state index contributed by atoms with van der Waals surface area (Å²) in [4.78, 5) is 112. The second-order valence-electron chi connectivity index (χ2n) is 18.1. The Morgan fingerprint density at radius 3 is 0.890 bits per heavy atom. The fourth-order valence-electron chi connectivity index (χ4n) is 8.74. The summed E-state index contributed by atoms with van der Waals surface area (Å²) < 4.78 is 80.1. The van der Waals surface area contributed by atoms with Crippen LogP contribution in [0.2, 0.25) is 0 Å². The summed E-state index contributed by atoms with van der Waals surface area (Å²) >= 11 is 0. The number of ether oxygens (including phenoxy) is 10. The average Bonchev–Trinajstić information content (AvgIpc) is 3.67. The van der Waals surface area contributed by atoms with E-state index in [0.717, 1.165) is 0 Å². The van der Waals surface area contributed by atoms with Gasteiger partial charge in [-0.05, 0) is 89.5 Å². The van der Waals surface area contributed by atoms with Crippen molar-refractivity contribution in [3.05, 3.63) is 251 Å². The van der Waals surface area contributed by atoms with Gasteiger partial charge in [0.05, 0.1) is 38.9 Å². The van der Waals surface area contributed by atoms with Crippen LogP contribution in [0.15, 0.2) is 212 Å². The smallest absolute Gasteiger partial charge is 0.491 e. The highest BCUT2D eigenvalue weighted by Crippen LogP contribution is 2.38. The second kappa shape index (κ2) is 27.7. The van der Waals surface area contributed by atoms with Gasteiger partial charge in [0.15, 0.2) is 36.8 Å². The van der Waals surface area contributed by atoms with E-state index in [-0.39, 0.29) is 38.9 Å². The zero-order chi connectivity index (χ0) is 57.4. The standard InChI is InChI=1S/C61H49O20P/c62-53(38-22-8-1-9-23-38)71-36-45-47(75-55(64)40-26-12-3-13-27-40)49(76-56(65)41-28-14-4-15-29-41)51(78-58(67)43-32-18-6-19-33-43)60(73-45)80-48-46(37-72-54(63)39-24-10-2-11-25-39)74-61(81-82(69)70)52(79-59(68)44-34-20-7-21-35-44)50(48)77-57(66)42-30-16-5-17-31-42/h1-35,45-52,60-61H,36-37H2/t45-,46-,47+,48-,49+,50+,51-,52+,60-,61-/m1/s1. The minimum atomic E-state index is -3.87. The summed E-state index contributed by atoms with van der Waals surface area (Å²) in [5.74, 6) is -7.13. The molecule has 2 heterocycles. The SMILES string of the molecule is O=C(OC[C@H]1O[C@H](O[C@H]2[C@H](OC(=O)c3ccccc3)[C@H](OC(=O)c3ccccc3)[C@@H](O[P+](=O)[O-])O[C@@H]2COC(=O)c2ccccc2)[C@H](OC(=O)c2ccccc2)[C@@H](OC(=O)c2ccccc2)[C@H]1OC(=O)c1ccccc1)c1ccccc1. The first-order chi connectivity index (χ1) is 39.9.